The third-order valence-electron chi connectivity index (χ3n) is 1.85. The van der Waals surface area contributed by atoms with Crippen molar-refractivity contribution in [1.29, 1.82) is 0 Å². The summed E-state index contributed by atoms with van der Waals surface area (Å²) < 4.78 is 0. The van der Waals surface area contributed by atoms with Crippen LogP contribution in [0.15, 0.2) is 0 Å². The summed E-state index contributed by atoms with van der Waals surface area (Å²) in [5.74, 6) is -3.46. The zero-order valence-electron chi connectivity index (χ0n) is 12.8. The van der Waals surface area contributed by atoms with Gasteiger partial charge in [-0.3, -0.25) is 19.2 Å². The highest BCUT2D eigenvalue weighted by Crippen LogP contribution is 2.13. The van der Waals surface area contributed by atoms with Crippen LogP contribution in [0.2, 0.25) is 0 Å². The number of hydroxylamine groups is 4. The van der Waals surface area contributed by atoms with E-state index in [1.807, 2.05) is 0 Å². The minimum atomic E-state index is -1.83. The van der Waals surface area contributed by atoms with Crippen LogP contribution in [0.1, 0.15) is 34.6 Å². The first-order valence-electron chi connectivity index (χ1n) is 6.05. The number of nitrogens with zero attached hydrogens (tertiary/aromatic N) is 2. The van der Waals surface area contributed by atoms with Gasteiger partial charge in [0, 0.05) is 32.9 Å². The normalized spacial score (nSPS) is 13.3. The maximum atomic E-state index is 11.0. The number of carbonyl (C=O) groups excluding carboxylic acids is 4. The maximum Gasteiger partial charge on any atom is 0.326 e. The smallest absolute Gasteiger partial charge is 0.326 e. The summed E-state index contributed by atoms with van der Waals surface area (Å²) in [7, 11) is 0. The fourth-order valence-corrected chi connectivity index (χ4v) is 1.10. The third kappa shape index (κ3) is 7.52. The van der Waals surface area contributed by atoms with Crippen molar-refractivity contribution in [2.24, 2.45) is 0 Å². The van der Waals surface area contributed by atoms with Crippen LogP contribution in [0, 0.1) is 0 Å². The second-order valence-corrected chi connectivity index (χ2v) is 4.06. The number of hydrogen-bond donors (Lipinski definition) is 1. The van der Waals surface area contributed by atoms with E-state index >= 15 is 0 Å². The van der Waals surface area contributed by atoms with Crippen LogP contribution in [0.3, 0.4) is 0 Å². The molecule has 0 saturated heterocycles. The van der Waals surface area contributed by atoms with Gasteiger partial charge in [0.2, 0.25) is 6.23 Å². The average Bonchev–Trinajstić information content (AvgIpc) is 2.33. The summed E-state index contributed by atoms with van der Waals surface area (Å²) in [6.45, 7) is 5.32. The Balaban J connectivity index is 5.13. The van der Waals surface area contributed by atoms with E-state index in [1.165, 1.54) is 6.92 Å². The van der Waals surface area contributed by atoms with Crippen LogP contribution in [-0.4, -0.2) is 51.7 Å². The minimum Gasteiger partial charge on any atom is -0.370 e. The molecule has 0 fully saturated rings. The van der Waals surface area contributed by atoms with Gasteiger partial charge in [-0.05, 0) is 6.92 Å². The fourth-order valence-electron chi connectivity index (χ4n) is 1.10. The van der Waals surface area contributed by atoms with Crippen LogP contribution in [0.25, 0.3) is 0 Å². The molecule has 0 rings (SSSR count). The Labute approximate surface area is 126 Å². The molecule has 0 spiro atoms. The number of carbonyl (C=O) groups is 4. The summed E-state index contributed by atoms with van der Waals surface area (Å²) in [5, 5.41) is 10.6. The van der Waals surface area contributed by atoms with Gasteiger partial charge in [-0.25, -0.2) is 0 Å². The molecule has 126 valence electrons. The Morgan fingerprint density at radius 2 is 1.00 bits per heavy atom. The molecule has 0 amide bonds. The van der Waals surface area contributed by atoms with Crippen LogP contribution in [-0.2, 0) is 38.5 Å². The van der Waals surface area contributed by atoms with Crippen molar-refractivity contribution in [3.05, 3.63) is 0 Å². The second kappa shape index (κ2) is 8.92. The molecule has 0 aliphatic carbocycles. The van der Waals surface area contributed by atoms with Gasteiger partial charge in [0.15, 0.2) is 0 Å². The molecule has 0 aromatic carbocycles. The lowest BCUT2D eigenvalue weighted by molar-refractivity contribution is -0.415. The zero-order chi connectivity index (χ0) is 17.4. The van der Waals surface area contributed by atoms with E-state index in [2.05, 4.69) is 19.4 Å². The Kier molecular flexibility index (Phi) is 8.01. The van der Waals surface area contributed by atoms with Crippen LogP contribution in [0.5, 0.6) is 0 Å². The monoisotopic (exact) mass is 322 g/mol. The first kappa shape index (κ1) is 19.8. The van der Waals surface area contributed by atoms with E-state index in [0.29, 0.717) is 5.23 Å². The van der Waals surface area contributed by atoms with Gasteiger partial charge in [-0.1, -0.05) is 0 Å². The number of rotatable bonds is 7. The summed E-state index contributed by atoms with van der Waals surface area (Å²) in [5.41, 5.74) is 0. The van der Waals surface area contributed by atoms with Gasteiger partial charge >= 0.3 is 23.9 Å². The van der Waals surface area contributed by atoms with Gasteiger partial charge in [-0.2, -0.15) is 0 Å². The molecule has 0 bridgehead atoms. The molecule has 22 heavy (non-hydrogen) atoms. The molecule has 11 heteroatoms. The van der Waals surface area contributed by atoms with Crippen molar-refractivity contribution in [2.75, 3.05) is 0 Å². The Bertz CT molecular complexity index is 367. The maximum absolute atomic E-state index is 11.0. The van der Waals surface area contributed by atoms with E-state index in [9.17, 15) is 24.3 Å². The zero-order valence-corrected chi connectivity index (χ0v) is 12.8. The summed E-state index contributed by atoms with van der Waals surface area (Å²) in [4.78, 5) is 62.0. The highest BCUT2D eigenvalue weighted by atomic mass is 17.0. The number of aliphatic hydroxyl groups is 1. The lowest BCUT2D eigenvalue weighted by Gasteiger charge is -2.31. The minimum absolute atomic E-state index is 0.190. The van der Waals surface area contributed by atoms with Crippen LogP contribution < -0.4 is 0 Å². The molecule has 2 atom stereocenters. The van der Waals surface area contributed by atoms with E-state index in [-0.39, 0.29) is 5.23 Å². The second-order valence-electron chi connectivity index (χ2n) is 4.06. The first-order chi connectivity index (χ1) is 10.0. The SMILES string of the molecule is CC(=O)ON(OC(C)=O)C(C)C(O)N(OC(C)=O)OC(C)=O. The Morgan fingerprint density at radius 1 is 0.727 bits per heavy atom. The van der Waals surface area contributed by atoms with Gasteiger partial charge in [0.05, 0.1) is 5.23 Å². The highest BCUT2D eigenvalue weighted by molar-refractivity contribution is 5.67. The molecule has 2 unspecified atom stereocenters. The summed E-state index contributed by atoms with van der Waals surface area (Å²) in [6.07, 6.45) is -1.83. The van der Waals surface area contributed by atoms with Gasteiger partial charge < -0.3 is 24.5 Å². The molecule has 0 aliphatic heterocycles. The van der Waals surface area contributed by atoms with Crippen molar-refractivity contribution in [2.45, 2.75) is 46.9 Å². The Hall–Kier alpha value is -2.24. The van der Waals surface area contributed by atoms with Gasteiger partial charge in [0.25, 0.3) is 0 Å². The molecule has 0 aliphatic rings. The molecular weight excluding hydrogens is 304 g/mol. The topological polar surface area (TPSA) is 132 Å². The molecule has 0 aromatic heterocycles. The average molecular weight is 322 g/mol. The molecule has 0 radical (unpaired) electrons. The van der Waals surface area contributed by atoms with E-state index in [4.69, 9.17) is 0 Å². The number of hydrogen-bond acceptors (Lipinski definition) is 11. The van der Waals surface area contributed by atoms with Gasteiger partial charge in [-0.15, -0.1) is 0 Å². The van der Waals surface area contributed by atoms with Gasteiger partial charge in [0.1, 0.15) is 6.04 Å². The van der Waals surface area contributed by atoms with Crippen molar-refractivity contribution in [1.82, 2.24) is 10.5 Å². The lowest BCUT2D eigenvalue weighted by Crippen LogP contribution is -2.52. The van der Waals surface area contributed by atoms with Crippen molar-refractivity contribution < 1.29 is 43.6 Å². The fraction of sp³-hybridized carbons (Fsp3) is 0.636. The van der Waals surface area contributed by atoms with E-state index in [1.54, 1.807) is 0 Å². The Morgan fingerprint density at radius 3 is 1.27 bits per heavy atom. The molecule has 0 heterocycles. The third-order valence-corrected chi connectivity index (χ3v) is 1.85. The standard InChI is InChI=1S/C11H18N2O9/c1-6(12(19-7(2)14)20-8(3)15)11(18)13(21-9(4)16)22-10(5)17/h6,11,18H,1-5H3. The molecule has 1 N–H and O–H groups in total. The largest absolute Gasteiger partial charge is 0.370 e. The summed E-state index contributed by atoms with van der Waals surface area (Å²) in [6, 6.07) is -1.27. The predicted octanol–water partition coefficient (Wildman–Crippen LogP) is -0.790. The van der Waals surface area contributed by atoms with Crippen molar-refractivity contribution in [3.63, 3.8) is 0 Å². The van der Waals surface area contributed by atoms with E-state index < -0.39 is 36.1 Å². The summed E-state index contributed by atoms with van der Waals surface area (Å²) >= 11 is 0. The van der Waals surface area contributed by atoms with Crippen LogP contribution >= 0.6 is 0 Å². The lowest BCUT2D eigenvalue weighted by atomic mass is 10.3. The van der Waals surface area contributed by atoms with Crippen LogP contribution in [0.4, 0.5) is 0 Å². The highest BCUT2D eigenvalue weighted by Gasteiger charge is 2.36. The quantitative estimate of drug-likeness (QED) is 0.467. The first-order valence-corrected chi connectivity index (χ1v) is 6.05. The molecule has 11 nitrogen and oxygen atoms in total. The molecule has 0 aromatic rings. The molecule has 0 saturated carbocycles. The van der Waals surface area contributed by atoms with Crippen molar-refractivity contribution in [3.8, 4) is 0 Å². The van der Waals surface area contributed by atoms with E-state index in [0.717, 1.165) is 27.7 Å². The number of aliphatic hydroxyl groups excluding tert-OH is 1. The molecular formula is C11H18N2O9. The predicted molar refractivity (Wildman–Crippen MR) is 66.2 cm³/mol. The van der Waals surface area contributed by atoms with Crippen molar-refractivity contribution >= 4 is 23.9 Å².